The maximum absolute atomic E-state index is 5.70. The Hall–Kier alpha value is -2.07. The molecule has 0 aromatic heterocycles. The highest BCUT2D eigenvalue weighted by Gasteiger charge is 2.34. The van der Waals surface area contributed by atoms with Crippen LogP contribution in [0.2, 0.25) is 0 Å². The van der Waals surface area contributed by atoms with Crippen molar-refractivity contribution in [1.82, 2.24) is 5.32 Å². The minimum atomic E-state index is 0.0917. The summed E-state index contributed by atoms with van der Waals surface area (Å²) >= 11 is 5.66. The van der Waals surface area contributed by atoms with Crippen molar-refractivity contribution in [2.75, 3.05) is 11.9 Å². The van der Waals surface area contributed by atoms with Crippen LogP contribution < -0.4 is 15.4 Å². The summed E-state index contributed by atoms with van der Waals surface area (Å²) in [5.74, 6) is 0.837. The topological polar surface area (TPSA) is 33.3 Å². The number of benzene rings is 2. The first-order valence-corrected chi connectivity index (χ1v) is 10.4. The molecule has 0 radical (unpaired) electrons. The van der Waals surface area contributed by atoms with Crippen LogP contribution in [0.5, 0.6) is 5.75 Å². The van der Waals surface area contributed by atoms with E-state index in [-0.39, 0.29) is 5.54 Å². The van der Waals surface area contributed by atoms with Gasteiger partial charge in [0, 0.05) is 5.54 Å². The molecule has 4 heteroatoms. The summed E-state index contributed by atoms with van der Waals surface area (Å²) in [5.41, 5.74) is 3.74. The molecular weight excluding hydrogens is 352 g/mol. The van der Waals surface area contributed by atoms with E-state index in [0.29, 0.717) is 11.7 Å². The van der Waals surface area contributed by atoms with Crippen molar-refractivity contribution in [2.24, 2.45) is 0 Å². The van der Waals surface area contributed by atoms with Gasteiger partial charge in [0.05, 0.1) is 12.3 Å². The van der Waals surface area contributed by atoms with Gasteiger partial charge in [-0.05, 0) is 69.4 Å². The van der Waals surface area contributed by atoms with Crippen LogP contribution in [0.4, 0.5) is 5.69 Å². The van der Waals surface area contributed by atoms with Crippen LogP contribution in [0, 0.1) is 6.92 Å². The van der Waals surface area contributed by atoms with Gasteiger partial charge in [0.1, 0.15) is 5.75 Å². The largest absolute Gasteiger partial charge is 0.492 e. The molecule has 27 heavy (non-hydrogen) atoms. The highest BCUT2D eigenvalue weighted by atomic mass is 32.1. The Kier molecular flexibility index (Phi) is 6.73. The third-order valence-electron chi connectivity index (χ3n) is 5.35. The minimum Gasteiger partial charge on any atom is -0.492 e. The van der Waals surface area contributed by atoms with E-state index >= 15 is 0 Å². The molecule has 1 fully saturated rings. The molecule has 1 aliphatic rings. The van der Waals surface area contributed by atoms with Crippen LogP contribution in [0.15, 0.2) is 48.5 Å². The highest BCUT2D eigenvalue weighted by Crippen LogP contribution is 2.34. The van der Waals surface area contributed by atoms with Gasteiger partial charge in [0.15, 0.2) is 5.11 Å². The maximum Gasteiger partial charge on any atom is 0.171 e. The summed E-state index contributed by atoms with van der Waals surface area (Å²) in [7, 11) is 0. The average Bonchev–Trinajstić information content (AvgIpc) is 3.10. The van der Waals surface area contributed by atoms with Crippen molar-refractivity contribution in [3.05, 3.63) is 59.7 Å². The van der Waals surface area contributed by atoms with Crippen LogP contribution in [0.25, 0.3) is 0 Å². The fourth-order valence-electron chi connectivity index (χ4n) is 3.99. The Labute approximate surface area is 168 Å². The van der Waals surface area contributed by atoms with Crippen LogP contribution in [0.3, 0.4) is 0 Å². The third-order valence-corrected chi connectivity index (χ3v) is 5.55. The fourth-order valence-corrected chi connectivity index (χ4v) is 4.31. The van der Waals surface area contributed by atoms with Crippen LogP contribution in [0.1, 0.15) is 50.2 Å². The van der Waals surface area contributed by atoms with Crippen LogP contribution >= 0.6 is 12.2 Å². The Morgan fingerprint density at radius 3 is 2.63 bits per heavy atom. The van der Waals surface area contributed by atoms with Crippen LogP contribution in [-0.4, -0.2) is 17.3 Å². The molecule has 0 saturated heterocycles. The summed E-state index contributed by atoms with van der Waals surface area (Å²) in [6, 6.07) is 16.8. The van der Waals surface area contributed by atoms with E-state index in [0.717, 1.165) is 24.3 Å². The Morgan fingerprint density at radius 2 is 1.89 bits per heavy atom. The molecule has 0 bridgehead atoms. The van der Waals surface area contributed by atoms with Gasteiger partial charge in [-0.2, -0.15) is 0 Å². The molecule has 0 atom stereocenters. The van der Waals surface area contributed by atoms with Crippen molar-refractivity contribution >= 4 is 23.0 Å². The Balaban J connectivity index is 1.64. The van der Waals surface area contributed by atoms with E-state index in [2.05, 4.69) is 41.8 Å². The van der Waals surface area contributed by atoms with E-state index in [4.69, 9.17) is 17.0 Å². The van der Waals surface area contributed by atoms with Crippen molar-refractivity contribution in [3.63, 3.8) is 0 Å². The SMILES string of the molecule is CCOc1ccccc1NC(=S)NC1(CCc2cccc(C)c2)CCCC1. The van der Waals surface area contributed by atoms with Gasteiger partial charge in [0.2, 0.25) is 0 Å². The molecule has 2 aromatic carbocycles. The molecule has 0 aliphatic heterocycles. The summed E-state index contributed by atoms with van der Waals surface area (Å²) in [6.07, 6.45) is 7.05. The van der Waals surface area contributed by atoms with Crippen LogP contribution in [-0.2, 0) is 6.42 Å². The Bertz CT molecular complexity index is 768. The monoisotopic (exact) mass is 382 g/mol. The van der Waals surface area contributed by atoms with Crippen molar-refractivity contribution < 1.29 is 4.74 Å². The number of anilines is 1. The first kappa shape index (κ1) is 19.7. The molecule has 2 N–H and O–H groups in total. The molecule has 0 heterocycles. The molecule has 3 nitrogen and oxygen atoms in total. The molecule has 3 rings (SSSR count). The lowest BCUT2D eigenvalue weighted by Crippen LogP contribution is -2.48. The zero-order valence-corrected chi connectivity index (χ0v) is 17.2. The van der Waals surface area contributed by atoms with Crippen molar-refractivity contribution in [2.45, 2.75) is 57.9 Å². The first-order valence-electron chi connectivity index (χ1n) is 9.97. The summed E-state index contributed by atoms with van der Waals surface area (Å²) in [6.45, 7) is 4.79. The number of aryl methyl sites for hydroxylation is 2. The fraction of sp³-hybridized carbons (Fsp3) is 0.435. The number of rotatable bonds is 7. The van der Waals surface area contributed by atoms with Gasteiger partial charge in [-0.3, -0.25) is 0 Å². The lowest BCUT2D eigenvalue weighted by Gasteiger charge is -2.32. The maximum atomic E-state index is 5.70. The van der Waals surface area contributed by atoms with Gasteiger partial charge in [-0.1, -0.05) is 54.8 Å². The molecule has 0 unspecified atom stereocenters. The van der Waals surface area contributed by atoms with E-state index < -0.39 is 0 Å². The zero-order valence-electron chi connectivity index (χ0n) is 16.4. The molecule has 144 valence electrons. The molecule has 2 aromatic rings. The summed E-state index contributed by atoms with van der Waals surface area (Å²) in [5, 5.41) is 7.70. The molecule has 1 saturated carbocycles. The number of hydrogen-bond donors (Lipinski definition) is 2. The van der Waals surface area contributed by atoms with E-state index in [1.807, 2.05) is 31.2 Å². The number of ether oxygens (including phenoxy) is 1. The normalized spacial score (nSPS) is 15.3. The number of thiocarbonyl (C=S) groups is 1. The second-order valence-corrected chi connectivity index (χ2v) is 7.89. The molecule has 0 spiro atoms. The zero-order chi connectivity index (χ0) is 19.1. The van der Waals surface area contributed by atoms with Gasteiger partial charge in [0.25, 0.3) is 0 Å². The molecular formula is C23H30N2OS. The predicted molar refractivity (Wildman–Crippen MR) is 118 cm³/mol. The predicted octanol–water partition coefficient (Wildman–Crippen LogP) is 5.63. The van der Waals surface area contributed by atoms with E-state index in [1.165, 1.54) is 36.8 Å². The highest BCUT2D eigenvalue weighted by molar-refractivity contribution is 7.80. The summed E-state index contributed by atoms with van der Waals surface area (Å²) < 4.78 is 5.70. The van der Waals surface area contributed by atoms with Gasteiger partial charge in [-0.25, -0.2) is 0 Å². The lowest BCUT2D eigenvalue weighted by atomic mass is 9.89. The number of hydrogen-bond acceptors (Lipinski definition) is 2. The second-order valence-electron chi connectivity index (χ2n) is 7.48. The third kappa shape index (κ3) is 5.46. The first-order chi connectivity index (χ1) is 13.1. The molecule has 0 amide bonds. The van der Waals surface area contributed by atoms with E-state index in [9.17, 15) is 0 Å². The second kappa shape index (κ2) is 9.23. The number of nitrogens with one attached hydrogen (secondary N) is 2. The van der Waals surface area contributed by atoms with E-state index in [1.54, 1.807) is 0 Å². The Morgan fingerprint density at radius 1 is 1.11 bits per heavy atom. The lowest BCUT2D eigenvalue weighted by molar-refractivity contribution is 0.341. The average molecular weight is 383 g/mol. The summed E-state index contributed by atoms with van der Waals surface area (Å²) in [4.78, 5) is 0. The van der Waals surface area contributed by atoms with Gasteiger partial charge >= 0.3 is 0 Å². The van der Waals surface area contributed by atoms with Crippen molar-refractivity contribution in [1.29, 1.82) is 0 Å². The van der Waals surface area contributed by atoms with Crippen molar-refractivity contribution in [3.8, 4) is 5.75 Å². The quantitative estimate of drug-likeness (QED) is 0.608. The van der Waals surface area contributed by atoms with Gasteiger partial charge < -0.3 is 15.4 Å². The smallest absolute Gasteiger partial charge is 0.171 e. The number of para-hydroxylation sites is 2. The minimum absolute atomic E-state index is 0.0917. The standard InChI is InChI=1S/C23H30N2OS/c1-3-26-21-12-5-4-11-20(21)24-22(27)25-23(14-6-7-15-23)16-13-19-10-8-9-18(2)17-19/h4-5,8-12,17H,3,6-7,13-16H2,1-2H3,(H2,24,25,27). The van der Waals surface area contributed by atoms with Gasteiger partial charge in [-0.15, -0.1) is 0 Å². The molecule has 1 aliphatic carbocycles.